The van der Waals surface area contributed by atoms with Gasteiger partial charge in [-0.2, -0.15) is 0 Å². The molecule has 0 radical (unpaired) electrons. The molecular weight excluding hydrogens is 430 g/mol. The lowest BCUT2D eigenvalue weighted by atomic mass is 10.1. The van der Waals surface area contributed by atoms with Gasteiger partial charge < -0.3 is 15.4 Å². The third kappa shape index (κ3) is 6.77. The van der Waals surface area contributed by atoms with Crippen LogP contribution >= 0.6 is 23.6 Å². The van der Waals surface area contributed by atoms with E-state index in [0.29, 0.717) is 23.5 Å². The van der Waals surface area contributed by atoms with Crippen molar-refractivity contribution in [3.8, 4) is 5.75 Å². The zero-order chi connectivity index (χ0) is 22.1. The van der Waals surface area contributed by atoms with E-state index in [4.69, 9.17) is 17.0 Å². The van der Waals surface area contributed by atoms with Crippen LogP contribution in [-0.4, -0.2) is 23.5 Å². The van der Waals surface area contributed by atoms with Gasteiger partial charge in [0.1, 0.15) is 5.75 Å². The highest BCUT2D eigenvalue weighted by atomic mass is 32.1. The molecule has 0 spiro atoms. The monoisotopic (exact) mass is 451 g/mol. The SMILES string of the molecule is CCOc1ccc(NC(=O)c2ccccc2NC(=S)NC(=O)C=Cc2cccs2)cc1. The second-order valence-corrected chi connectivity index (χ2v) is 7.64. The summed E-state index contributed by atoms with van der Waals surface area (Å²) in [4.78, 5) is 25.8. The Balaban J connectivity index is 1.61. The number of hydrogen-bond acceptors (Lipinski definition) is 5. The lowest BCUT2D eigenvalue weighted by Gasteiger charge is -2.13. The molecule has 158 valence electrons. The van der Waals surface area contributed by atoms with E-state index in [0.717, 1.165) is 10.6 Å². The maximum absolute atomic E-state index is 12.8. The first kappa shape index (κ1) is 22.2. The average molecular weight is 452 g/mol. The number of rotatable bonds is 7. The molecule has 3 rings (SSSR count). The lowest BCUT2D eigenvalue weighted by molar-refractivity contribution is -0.115. The maximum atomic E-state index is 12.8. The Hall–Kier alpha value is -3.49. The molecule has 2 aromatic carbocycles. The Bertz CT molecular complexity index is 1080. The quantitative estimate of drug-likeness (QED) is 0.351. The van der Waals surface area contributed by atoms with Gasteiger partial charge in [0.2, 0.25) is 5.91 Å². The summed E-state index contributed by atoms with van der Waals surface area (Å²) in [5.41, 5.74) is 1.51. The molecule has 0 aliphatic heterocycles. The molecule has 0 bridgehead atoms. The summed E-state index contributed by atoms with van der Waals surface area (Å²) in [7, 11) is 0. The van der Waals surface area contributed by atoms with Crippen LogP contribution in [0.5, 0.6) is 5.75 Å². The molecule has 3 aromatic rings. The summed E-state index contributed by atoms with van der Waals surface area (Å²) >= 11 is 6.75. The Morgan fingerprint density at radius 3 is 2.52 bits per heavy atom. The minimum atomic E-state index is -0.359. The molecule has 0 atom stereocenters. The second kappa shape index (κ2) is 11.1. The number of anilines is 2. The number of amides is 2. The molecule has 0 fully saturated rings. The van der Waals surface area contributed by atoms with Crippen molar-refractivity contribution in [1.82, 2.24) is 5.32 Å². The third-order valence-corrected chi connectivity index (χ3v) is 5.06. The highest BCUT2D eigenvalue weighted by molar-refractivity contribution is 7.80. The summed E-state index contributed by atoms with van der Waals surface area (Å²) in [6.07, 6.45) is 3.12. The van der Waals surface area contributed by atoms with Gasteiger partial charge in [-0.25, -0.2) is 0 Å². The molecule has 2 amide bonds. The molecule has 8 heteroatoms. The zero-order valence-corrected chi connectivity index (χ0v) is 18.4. The summed E-state index contributed by atoms with van der Waals surface area (Å²) in [6, 6.07) is 17.8. The van der Waals surface area contributed by atoms with Crippen molar-refractivity contribution in [2.24, 2.45) is 0 Å². The molecule has 31 heavy (non-hydrogen) atoms. The van der Waals surface area contributed by atoms with Gasteiger partial charge in [0.05, 0.1) is 17.9 Å². The number of ether oxygens (including phenoxy) is 1. The highest BCUT2D eigenvalue weighted by Gasteiger charge is 2.13. The van der Waals surface area contributed by atoms with Crippen molar-refractivity contribution in [2.45, 2.75) is 6.92 Å². The van der Waals surface area contributed by atoms with Gasteiger partial charge in [0.25, 0.3) is 5.91 Å². The third-order valence-electron chi connectivity index (χ3n) is 4.02. The van der Waals surface area contributed by atoms with Crippen molar-refractivity contribution in [2.75, 3.05) is 17.2 Å². The number of para-hydroxylation sites is 1. The largest absolute Gasteiger partial charge is 0.494 e. The fourth-order valence-electron chi connectivity index (χ4n) is 2.64. The van der Waals surface area contributed by atoms with Gasteiger partial charge in [-0.3, -0.25) is 14.9 Å². The maximum Gasteiger partial charge on any atom is 0.257 e. The smallest absolute Gasteiger partial charge is 0.257 e. The van der Waals surface area contributed by atoms with Crippen LogP contribution in [0.3, 0.4) is 0 Å². The fraction of sp³-hybridized carbons (Fsp3) is 0.0870. The lowest BCUT2D eigenvalue weighted by Crippen LogP contribution is -2.33. The van der Waals surface area contributed by atoms with E-state index in [2.05, 4.69) is 16.0 Å². The van der Waals surface area contributed by atoms with Gasteiger partial charge in [0.15, 0.2) is 5.11 Å². The minimum absolute atomic E-state index is 0.0992. The van der Waals surface area contributed by atoms with Gasteiger partial charge >= 0.3 is 0 Å². The van der Waals surface area contributed by atoms with Crippen LogP contribution in [0.1, 0.15) is 22.2 Å². The Morgan fingerprint density at radius 2 is 1.81 bits per heavy atom. The van der Waals surface area contributed by atoms with Gasteiger partial charge in [-0.15, -0.1) is 11.3 Å². The normalized spacial score (nSPS) is 10.5. The molecular formula is C23H21N3O3S2. The van der Waals surface area contributed by atoms with Gasteiger partial charge in [0, 0.05) is 16.6 Å². The molecule has 3 N–H and O–H groups in total. The van der Waals surface area contributed by atoms with Crippen LogP contribution < -0.4 is 20.7 Å². The fourth-order valence-corrected chi connectivity index (χ4v) is 3.47. The molecule has 1 heterocycles. The van der Waals surface area contributed by atoms with Gasteiger partial charge in [-0.05, 0) is 73.1 Å². The molecule has 0 saturated heterocycles. The van der Waals surface area contributed by atoms with Crippen LogP contribution in [0, 0.1) is 0 Å². The Morgan fingerprint density at radius 1 is 1.03 bits per heavy atom. The van der Waals surface area contributed by atoms with E-state index in [1.807, 2.05) is 24.4 Å². The van der Waals surface area contributed by atoms with E-state index in [-0.39, 0.29) is 16.9 Å². The van der Waals surface area contributed by atoms with E-state index in [1.54, 1.807) is 54.6 Å². The second-order valence-electron chi connectivity index (χ2n) is 6.25. The topological polar surface area (TPSA) is 79.5 Å². The van der Waals surface area contributed by atoms with Crippen LogP contribution in [0.15, 0.2) is 72.1 Å². The summed E-state index contributed by atoms with van der Waals surface area (Å²) in [5.74, 6) is 0.0676. The van der Waals surface area contributed by atoms with E-state index in [9.17, 15) is 9.59 Å². The predicted molar refractivity (Wildman–Crippen MR) is 130 cm³/mol. The first-order valence-electron chi connectivity index (χ1n) is 9.52. The minimum Gasteiger partial charge on any atom is -0.494 e. The molecule has 0 aliphatic carbocycles. The number of carbonyl (C=O) groups excluding carboxylic acids is 2. The molecule has 0 unspecified atom stereocenters. The van der Waals surface area contributed by atoms with Crippen molar-refractivity contribution >= 4 is 57.9 Å². The number of hydrogen-bond donors (Lipinski definition) is 3. The first-order valence-corrected chi connectivity index (χ1v) is 10.8. The van der Waals surface area contributed by atoms with Crippen molar-refractivity contribution in [3.05, 3.63) is 82.6 Å². The summed E-state index contributed by atoms with van der Waals surface area (Å²) < 4.78 is 5.41. The van der Waals surface area contributed by atoms with Crippen molar-refractivity contribution in [3.63, 3.8) is 0 Å². The van der Waals surface area contributed by atoms with Crippen LogP contribution in [-0.2, 0) is 4.79 Å². The van der Waals surface area contributed by atoms with Crippen LogP contribution in [0.4, 0.5) is 11.4 Å². The van der Waals surface area contributed by atoms with Crippen molar-refractivity contribution < 1.29 is 14.3 Å². The number of thiophene rings is 1. The molecule has 0 saturated carbocycles. The van der Waals surface area contributed by atoms with E-state index in [1.165, 1.54) is 17.4 Å². The number of thiocarbonyl (C=S) groups is 1. The van der Waals surface area contributed by atoms with E-state index >= 15 is 0 Å². The number of benzene rings is 2. The Labute approximate surface area is 189 Å². The molecule has 0 aliphatic rings. The zero-order valence-electron chi connectivity index (χ0n) is 16.8. The highest BCUT2D eigenvalue weighted by Crippen LogP contribution is 2.20. The van der Waals surface area contributed by atoms with E-state index < -0.39 is 0 Å². The first-order chi connectivity index (χ1) is 15.0. The average Bonchev–Trinajstić information content (AvgIpc) is 3.28. The number of carbonyl (C=O) groups is 2. The summed E-state index contributed by atoms with van der Waals surface area (Å²) in [6.45, 7) is 2.48. The van der Waals surface area contributed by atoms with Crippen LogP contribution in [0.25, 0.3) is 6.08 Å². The summed E-state index contributed by atoms with van der Waals surface area (Å²) in [5, 5.41) is 10.4. The molecule has 1 aromatic heterocycles. The van der Waals surface area contributed by atoms with Crippen molar-refractivity contribution in [1.29, 1.82) is 0 Å². The number of nitrogens with one attached hydrogen (secondary N) is 3. The Kier molecular flexibility index (Phi) is 7.91. The van der Waals surface area contributed by atoms with Gasteiger partial charge in [-0.1, -0.05) is 18.2 Å². The molecule has 6 nitrogen and oxygen atoms in total. The van der Waals surface area contributed by atoms with Crippen LogP contribution in [0.2, 0.25) is 0 Å². The predicted octanol–water partition coefficient (Wildman–Crippen LogP) is 4.93. The standard InChI is InChI=1S/C23H21N3O3S2/c1-2-29-17-11-9-16(10-12-17)24-22(28)19-7-3-4-8-20(19)25-23(30)26-21(27)14-13-18-6-5-15-31-18/h3-15H,2H2,1H3,(H,24,28)(H2,25,26,27,30).